The summed E-state index contributed by atoms with van der Waals surface area (Å²) in [7, 11) is 0. The van der Waals surface area contributed by atoms with Crippen LogP contribution in [0.25, 0.3) is 0 Å². The fourth-order valence-corrected chi connectivity index (χ4v) is 2.36. The highest BCUT2D eigenvalue weighted by molar-refractivity contribution is 5.42. The van der Waals surface area contributed by atoms with Gasteiger partial charge in [0.15, 0.2) is 0 Å². The fourth-order valence-electron chi connectivity index (χ4n) is 2.36. The Kier molecular flexibility index (Phi) is 6.36. The summed E-state index contributed by atoms with van der Waals surface area (Å²) < 4.78 is 6.12. The molecule has 0 saturated heterocycles. The van der Waals surface area contributed by atoms with E-state index >= 15 is 0 Å². The number of hydrogen-bond acceptors (Lipinski definition) is 2. The number of aryl methyl sites for hydroxylation is 2. The van der Waals surface area contributed by atoms with Crippen LogP contribution in [-0.4, -0.2) is 18.7 Å². The summed E-state index contributed by atoms with van der Waals surface area (Å²) >= 11 is 0. The minimum Gasteiger partial charge on any atom is -0.490 e. The van der Waals surface area contributed by atoms with Gasteiger partial charge in [0.05, 0.1) is 6.10 Å². The van der Waals surface area contributed by atoms with E-state index in [0.717, 1.165) is 18.7 Å². The van der Waals surface area contributed by atoms with E-state index in [-0.39, 0.29) is 6.10 Å². The average molecular weight is 263 g/mol. The van der Waals surface area contributed by atoms with E-state index in [0.29, 0.717) is 6.04 Å². The summed E-state index contributed by atoms with van der Waals surface area (Å²) in [5, 5.41) is 3.51. The SMILES string of the molecule is CCCNC(C)CC(C)Oc1cc(C)cc(C)c1C. The predicted molar refractivity (Wildman–Crippen MR) is 83.1 cm³/mol. The lowest BCUT2D eigenvalue weighted by molar-refractivity contribution is 0.194. The van der Waals surface area contributed by atoms with Gasteiger partial charge in [0.2, 0.25) is 0 Å². The number of rotatable bonds is 7. The van der Waals surface area contributed by atoms with Gasteiger partial charge in [0.1, 0.15) is 5.75 Å². The van der Waals surface area contributed by atoms with Crippen LogP contribution in [0.1, 0.15) is 50.3 Å². The molecular formula is C17H29NO. The lowest BCUT2D eigenvalue weighted by atomic mass is 10.1. The third-order valence-electron chi connectivity index (χ3n) is 3.52. The molecule has 2 unspecified atom stereocenters. The average Bonchev–Trinajstić information content (AvgIpc) is 2.32. The van der Waals surface area contributed by atoms with Gasteiger partial charge in [0, 0.05) is 6.04 Å². The zero-order chi connectivity index (χ0) is 14.4. The Morgan fingerprint density at radius 3 is 2.47 bits per heavy atom. The Balaban J connectivity index is 2.59. The van der Waals surface area contributed by atoms with Crippen LogP contribution in [0, 0.1) is 20.8 Å². The molecule has 0 bridgehead atoms. The summed E-state index contributed by atoms with van der Waals surface area (Å²) in [6.07, 6.45) is 2.45. The molecule has 1 aromatic carbocycles. The van der Waals surface area contributed by atoms with E-state index in [9.17, 15) is 0 Å². The molecule has 2 heteroatoms. The minimum absolute atomic E-state index is 0.235. The van der Waals surface area contributed by atoms with Gasteiger partial charge in [-0.05, 0) is 76.8 Å². The van der Waals surface area contributed by atoms with E-state index in [1.165, 1.54) is 23.1 Å². The maximum atomic E-state index is 6.12. The number of ether oxygens (including phenoxy) is 1. The van der Waals surface area contributed by atoms with Gasteiger partial charge in [-0.15, -0.1) is 0 Å². The second-order valence-electron chi connectivity index (χ2n) is 5.72. The summed E-state index contributed by atoms with van der Waals surface area (Å²) in [5.74, 6) is 1.03. The molecule has 1 aromatic rings. The molecule has 0 heterocycles. The number of nitrogens with one attached hydrogen (secondary N) is 1. The Morgan fingerprint density at radius 1 is 1.16 bits per heavy atom. The molecule has 1 rings (SSSR count). The van der Waals surface area contributed by atoms with Crippen molar-refractivity contribution in [2.45, 2.75) is 66.5 Å². The maximum Gasteiger partial charge on any atom is 0.123 e. The van der Waals surface area contributed by atoms with Crippen molar-refractivity contribution in [2.24, 2.45) is 0 Å². The van der Waals surface area contributed by atoms with Gasteiger partial charge in [-0.3, -0.25) is 0 Å². The van der Waals surface area contributed by atoms with Crippen molar-refractivity contribution in [3.8, 4) is 5.75 Å². The van der Waals surface area contributed by atoms with Gasteiger partial charge in [-0.1, -0.05) is 13.0 Å². The molecule has 0 spiro atoms. The van der Waals surface area contributed by atoms with Gasteiger partial charge >= 0.3 is 0 Å². The summed E-state index contributed by atoms with van der Waals surface area (Å²) in [6, 6.07) is 4.85. The van der Waals surface area contributed by atoms with Crippen molar-refractivity contribution in [1.29, 1.82) is 0 Å². The molecule has 2 atom stereocenters. The molecular weight excluding hydrogens is 234 g/mol. The number of hydrogen-bond donors (Lipinski definition) is 1. The molecule has 0 amide bonds. The number of benzene rings is 1. The first-order chi connectivity index (χ1) is 8.93. The van der Waals surface area contributed by atoms with Crippen LogP contribution in [-0.2, 0) is 0 Å². The predicted octanol–water partition coefficient (Wildman–Crippen LogP) is 4.16. The molecule has 0 aromatic heterocycles. The summed E-state index contributed by atoms with van der Waals surface area (Å²) in [6.45, 7) is 14.1. The molecule has 0 saturated carbocycles. The first-order valence-corrected chi connectivity index (χ1v) is 7.42. The Hall–Kier alpha value is -1.02. The van der Waals surface area contributed by atoms with E-state index < -0.39 is 0 Å². The molecule has 0 aliphatic heterocycles. The van der Waals surface area contributed by atoms with Crippen LogP contribution in [0.5, 0.6) is 5.75 Å². The highest BCUT2D eigenvalue weighted by Gasteiger charge is 2.12. The lowest BCUT2D eigenvalue weighted by Crippen LogP contribution is -2.31. The topological polar surface area (TPSA) is 21.3 Å². The van der Waals surface area contributed by atoms with Gasteiger partial charge in [-0.2, -0.15) is 0 Å². The van der Waals surface area contributed by atoms with Gasteiger partial charge in [-0.25, -0.2) is 0 Å². The van der Waals surface area contributed by atoms with Gasteiger partial charge < -0.3 is 10.1 Å². The minimum atomic E-state index is 0.235. The molecule has 2 nitrogen and oxygen atoms in total. The zero-order valence-corrected chi connectivity index (χ0v) is 13.3. The van der Waals surface area contributed by atoms with E-state index in [2.05, 4.69) is 59.0 Å². The molecule has 108 valence electrons. The first kappa shape index (κ1) is 16.0. The zero-order valence-electron chi connectivity index (χ0n) is 13.3. The van der Waals surface area contributed by atoms with Crippen molar-refractivity contribution in [3.63, 3.8) is 0 Å². The Bertz CT molecular complexity index is 400. The second kappa shape index (κ2) is 7.54. The molecule has 1 N–H and O–H groups in total. The normalized spacial score (nSPS) is 14.2. The quantitative estimate of drug-likeness (QED) is 0.797. The Labute approximate surface area is 118 Å². The highest BCUT2D eigenvalue weighted by atomic mass is 16.5. The van der Waals surface area contributed by atoms with Crippen molar-refractivity contribution in [3.05, 3.63) is 28.8 Å². The molecule has 0 radical (unpaired) electrons. The third-order valence-corrected chi connectivity index (χ3v) is 3.52. The second-order valence-corrected chi connectivity index (χ2v) is 5.72. The van der Waals surface area contributed by atoms with Crippen molar-refractivity contribution in [2.75, 3.05) is 6.54 Å². The van der Waals surface area contributed by atoms with Crippen LogP contribution >= 0.6 is 0 Å². The van der Waals surface area contributed by atoms with Gasteiger partial charge in [0.25, 0.3) is 0 Å². The van der Waals surface area contributed by atoms with Crippen LogP contribution in [0.4, 0.5) is 0 Å². The van der Waals surface area contributed by atoms with Crippen LogP contribution in [0.3, 0.4) is 0 Å². The Morgan fingerprint density at radius 2 is 1.84 bits per heavy atom. The smallest absolute Gasteiger partial charge is 0.123 e. The lowest BCUT2D eigenvalue weighted by Gasteiger charge is -2.21. The van der Waals surface area contributed by atoms with Crippen LogP contribution in [0.2, 0.25) is 0 Å². The molecule has 0 aliphatic carbocycles. The molecule has 0 aliphatic rings. The summed E-state index contributed by atoms with van der Waals surface area (Å²) in [5.41, 5.74) is 3.83. The monoisotopic (exact) mass is 263 g/mol. The van der Waals surface area contributed by atoms with Crippen LogP contribution in [0.15, 0.2) is 12.1 Å². The summed E-state index contributed by atoms with van der Waals surface area (Å²) in [4.78, 5) is 0. The largest absolute Gasteiger partial charge is 0.490 e. The molecule has 19 heavy (non-hydrogen) atoms. The highest BCUT2D eigenvalue weighted by Crippen LogP contribution is 2.25. The van der Waals surface area contributed by atoms with Crippen molar-refractivity contribution < 1.29 is 4.74 Å². The van der Waals surface area contributed by atoms with Crippen molar-refractivity contribution in [1.82, 2.24) is 5.32 Å². The molecule has 0 fully saturated rings. The maximum absolute atomic E-state index is 6.12. The first-order valence-electron chi connectivity index (χ1n) is 7.42. The van der Waals surface area contributed by atoms with Crippen molar-refractivity contribution >= 4 is 0 Å². The standard InChI is InChI=1S/C17H29NO/c1-7-8-18-14(4)11-15(5)19-17-10-12(2)9-13(3)16(17)6/h9-10,14-15,18H,7-8,11H2,1-6H3. The fraction of sp³-hybridized carbons (Fsp3) is 0.647. The van der Waals surface area contributed by atoms with E-state index in [1.54, 1.807) is 0 Å². The van der Waals surface area contributed by atoms with E-state index in [4.69, 9.17) is 4.74 Å². The van der Waals surface area contributed by atoms with E-state index in [1.807, 2.05) is 0 Å². The van der Waals surface area contributed by atoms with Crippen LogP contribution < -0.4 is 10.1 Å². The third kappa shape index (κ3) is 5.23.